The molecule has 3 heterocycles. The molecule has 2 aromatic carbocycles. The summed E-state index contributed by atoms with van der Waals surface area (Å²) in [5.74, 6) is 0.616. The summed E-state index contributed by atoms with van der Waals surface area (Å²) in [4.78, 5) is 12.6. The van der Waals surface area contributed by atoms with Crippen LogP contribution in [0, 0.1) is 13.8 Å². The van der Waals surface area contributed by atoms with Gasteiger partial charge in [-0.05, 0) is 48.4 Å². The van der Waals surface area contributed by atoms with Gasteiger partial charge in [0.15, 0.2) is 5.76 Å². The van der Waals surface area contributed by atoms with Gasteiger partial charge < -0.3 is 9.73 Å². The van der Waals surface area contributed by atoms with Gasteiger partial charge in [0.05, 0.1) is 30.7 Å². The Labute approximate surface area is 185 Å². The molecule has 3 aromatic heterocycles. The molecule has 5 aromatic rings. The zero-order valence-corrected chi connectivity index (χ0v) is 17.9. The van der Waals surface area contributed by atoms with E-state index in [0.29, 0.717) is 24.5 Å². The molecule has 0 aliphatic carbocycles. The summed E-state index contributed by atoms with van der Waals surface area (Å²) in [6, 6.07) is 20.0. The number of furan rings is 1. The molecule has 1 N–H and O–H groups in total. The summed E-state index contributed by atoms with van der Waals surface area (Å²) in [7, 11) is 0. The Morgan fingerprint density at radius 3 is 2.72 bits per heavy atom. The normalized spacial score (nSPS) is 11.2. The van der Waals surface area contributed by atoms with Crippen molar-refractivity contribution in [1.29, 1.82) is 0 Å². The number of carbonyl (C=O) groups is 1. The maximum absolute atomic E-state index is 12.6. The van der Waals surface area contributed by atoms with Crippen molar-refractivity contribution in [3.05, 3.63) is 102 Å². The van der Waals surface area contributed by atoms with Gasteiger partial charge in [-0.25, -0.2) is 0 Å². The highest BCUT2D eigenvalue weighted by Crippen LogP contribution is 2.20. The summed E-state index contributed by atoms with van der Waals surface area (Å²) in [6.45, 7) is 5.04. The molecule has 0 radical (unpaired) electrons. The van der Waals surface area contributed by atoms with Crippen LogP contribution in [0.4, 0.5) is 5.69 Å². The number of anilines is 1. The molecule has 0 saturated carbocycles. The molecule has 0 saturated heterocycles. The lowest BCUT2D eigenvalue weighted by Crippen LogP contribution is -2.10. The minimum absolute atomic E-state index is 0.253. The molecule has 160 valence electrons. The van der Waals surface area contributed by atoms with Gasteiger partial charge in [-0.3, -0.25) is 14.2 Å². The number of nitrogens with one attached hydrogen (secondary N) is 1. The summed E-state index contributed by atoms with van der Waals surface area (Å²) >= 11 is 0. The maximum atomic E-state index is 12.6. The van der Waals surface area contributed by atoms with Crippen LogP contribution in [-0.2, 0) is 13.1 Å². The number of rotatable bonds is 6. The number of aromatic nitrogens is 4. The topological polar surface area (TPSA) is 77.9 Å². The van der Waals surface area contributed by atoms with Gasteiger partial charge in [-0.2, -0.15) is 10.2 Å². The Hall–Kier alpha value is -4.13. The minimum atomic E-state index is -0.311. The molecule has 7 nitrogen and oxygen atoms in total. The Morgan fingerprint density at radius 1 is 1.03 bits per heavy atom. The quantitative estimate of drug-likeness (QED) is 0.424. The number of amides is 1. The number of aryl methyl sites for hydroxylation is 2. The van der Waals surface area contributed by atoms with E-state index >= 15 is 0 Å². The van der Waals surface area contributed by atoms with Gasteiger partial charge in [-0.15, -0.1) is 0 Å². The number of hydrogen-bond acceptors (Lipinski definition) is 4. The fourth-order valence-electron chi connectivity index (χ4n) is 3.88. The van der Waals surface area contributed by atoms with Crippen LogP contribution in [0.3, 0.4) is 0 Å². The van der Waals surface area contributed by atoms with E-state index < -0.39 is 0 Å². The van der Waals surface area contributed by atoms with Crippen LogP contribution in [0.2, 0.25) is 0 Å². The smallest absolute Gasteiger partial charge is 0.291 e. The Bertz CT molecular complexity index is 1400. The van der Waals surface area contributed by atoms with Crippen LogP contribution in [0.1, 0.15) is 33.3 Å². The lowest BCUT2D eigenvalue weighted by molar-refractivity contribution is 0.0994. The van der Waals surface area contributed by atoms with E-state index in [1.165, 1.54) is 16.3 Å². The molecule has 0 atom stereocenters. The lowest BCUT2D eigenvalue weighted by atomic mass is 10.0. The van der Waals surface area contributed by atoms with E-state index in [2.05, 4.69) is 39.8 Å². The maximum Gasteiger partial charge on any atom is 0.291 e. The Kier molecular flexibility index (Phi) is 5.07. The highest BCUT2D eigenvalue weighted by Gasteiger charge is 2.14. The van der Waals surface area contributed by atoms with Crippen molar-refractivity contribution in [3.8, 4) is 0 Å². The predicted octanol–water partition coefficient (Wildman–Crippen LogP) is 4.79. The molecule has 0 aliphatic rings. The van der Waals surface area contributed by atoms with Crippen molar-refractivity contribution in [2.45, 2.75) is 26.9 Å². The Balaban J connectivity index is 1.26. The molecular formula is C25H23N5O2. The zero-order valence-electron chi connectivity index (χ0n) is 17.9. The third-order valence-electron chi connectivity index (χ3n) is 5.40. The average Bonchev–Trinajstić information content (AvgIpc) is 3.50. The number of fused-ring (bicyclic) bond motifs is 1. The standard InChI is InChI=1S/C25H23N5O2/c1-17-12-18(2)30(28-17)16-22-10-11-24(32-22)25(31)27-21-13-26-29(15-21)14-20-8-5-7-19-6-3-4-9-23(19)20/h3-13,15H,14,16H2,1-2H3,(H,27,31). The van der Waals surface area contributed by atoms with E-state index in [-0.39, 0.29) is 11.7 Å². The first-order valence-electron chi connectivity index (χ1n) is 10.5. The van der Waals surface area contributed by atoms with E-state index in [1.807, 2.05) is 53.7 Å². The molecule has 0 fully saturated rings. The predicted molar refractivity (Wildman–Crippen MR) is 123 cm³/mol. The highest BCUT2D eigenvalue weighted by atomic mass is 16.4. The van der Waals surface area contributed by atoms with E-state index in [1.54, 1.807) is 18.3 Å². The van der Waals surface area contributed by atoms with Crippen LogP contribution in [-0.4, -0.2) is 25.5 Å². The number of hydrogen-bond donors (Lipinski definition) is 1. The van der Waals surface area contributed by atoms with Crippen LogP contribution in [0.15, 0.2) is 77.5 Å². The molecular weight excluding hydrogens is 402 g/mol. The second-order valence-corrected chi connectivity index (χ2v) is 7.87. The minimum Gasteiger partial charge on any atom is -0.454 e. The van der Waals surface area contributed by atoms with Crippen molar-refractivity contribution in [3.63, 3.8) is 0 Å². The van der Waals surface area contributed by atoms with Gasteiger partial charge in [0.25, 0.3) is 5.91 Å². The number of nitrogens with zero attached hydrogens (tertiary/aromatic N) is 4. The third kappa shape index (κ3) is 4.05. The Morgan fingerprint density at radius 2 is 1.88 bits per heavy atom. The summed E-state index contributed by atoms with van der Waals surface area (Å²) < 4.78 is 9.40. The summed E-state index contributed by atoms with van der Waals surface area (Å²) in [6.07, 6.45) is 3.46. The second-order valence-electron chi connectivity index (χ2n) is 7.87. The van der Waals surface area contributed by atoms with E-state index in [0.717, 1.165) is 11.4 Å². The van der Waals surface area contributed by atoms with E-state index in [9.17, 15) is 4.79 Å². The van der Waals surface area contributed by atoms with Crippen LogP contribution >= 0.6 is 0 Å². The van der Waals surface area contributed by atoms with Gasteiger partial charge in [0.2, 0.25) is 0 Å². The van der Waals surface area contributed by atoms with Gasteiger partial charge in [0.1, 0.15) is 5.76 Å². The SMILES string of the molecule is Cc1cc(C)n(Cc2ccc(C(=O)Nc3cnn(Cc4cccc5ccccc45)c3)o2)n1. The second kappa shape index (κ2) is 8.19. The summed E-state index contributed by atoms with van der Waals surface area (Å²) in [5.41, 5.74) is 3.78. The van der Waals surface area contributed by atoms with Crippen molar-refractivity contribution < 1.29 is 9.21 Å². The third-order valence-corrected chi connectivity index (χ3v) is 5.40. The molecule has 7 heteroatoms. The first-order valence-corrected chi connectivity index (χ1v) is 10.5. The van der Waals surface area contributed by atoms with Crippen molar-refractivity contribution in [2.24, 2.45) is 0 Å². The molecule has 0 bridgehead atoms. The van der Waals surface area contributed by atoms with Gasteiger partial charge in [-0.1, -0.05) is 42.5 Å². The van der Waals surface area contributed by atoms with Crippen LogP contribution in [0.25, 0.3) is 10.8 Å². The van der Waals surface area contributed by atoms with Crippen LogP contribution in [0.5, 0.6) is 0 Å². The number of benzene rings is 2. The van der Waals surface area contributed by atoms with E-state index in [4.69, 9.17) is 4.42 Å². The lowest BCUT2D eigenvalue weighted by Gasteiger charge is -2.06. The molecule has 32 heavy (non-hydrogen) atoms. The highest BCUT2D eigenvalue weighted by molar-refractivity contribution is 6.02. The largest absolute Gasteiger partial charge is 0.454 e. The monoisotopic (exact) mass is 425 g/mol. The molecule has 0 aliphatic heterocycles. The molecule has 5 rings (SSSR count). The van der Waals surface area contributed by atoms with Crippen molar-refractivity contribution in [1.82, 2.24) is 19.6 Å². The van der Waals surface area contributed by atoms with Crippen molar-refractivity contribution >= 4 is 22.4 Å². The summed E-state index contributed by atoms with van der Waals surface area (Å²) in [5, 5.41) is 14.1. The average molecular weight is 425 g/mol. The van der Waals surface area contributed by atoms with Gasteiger partial charge in [0, 0.05) is 11.9 Å². The first kappa shape index (κ1) is 19.8. The van der Waals surface area contributed by atoms with Crippen LogP contribution < -0.4 is 5.32 Å². The molecule has 0 spiro atoms. The zero-order chi connectivity index (χ0) is 22.1. The molecule has 1 amide bonds. The number of carbonyl (C=O) groups excluding carboxylic acids is 1. The van der Waals surface area contributed by atoms with Crippen molar-refractivity contribution in [2.75, 3.05) is 5.32 Å². The molecule has 0 unspecified atom stereocenters. The fourth-order valence-corrected chi connectivity index (χ4v) is 3.88. The van der Waals surface area contributed by atoms with Gasteiger partial charge >= 0.3 is 0 Å². The fraction of sp³-hybridized carbons (Fsp3) is 0.160. The first-order chi connectivity index (χ1) is 15.5.